The summed E-state index contributed by atoms with van der Waals surface area (Å²) in [6.45, 7) is 8.78. The van der Waals surface area contributed by atoms with E-state index in [-0.39, 0.29) is 36.9 Å². The average molecular weight is 614 g/mol. The Bertz CT molecular complexity index is 1170. The van der Waals surface area contributed by atoms with Crippen LogP contribution in [0.1, 0.15) is 54.9 Å². The van der Waals surface area contributed by atoms with E-state index in [0.717, 1.165) is 47.5 Å². The topological polar surface area (TPSA) is 96.9 Å². The molecule has 0 bridgehead atoms. The van der Waals surface area contributed by atoms with Crippen molar-refractivity contribution in [3.05, 3.63) is 70.8 Å². The Morgan fingerprint density at radius 1 is 0.864 bits per heavy atom. The van der Waals surface area contributed by atoms with Crippen LogP contribution in [0.25, 0.3) is 5.57 Å². The first-order valence-corrected chi connectivity index (χ1v) is 15.6. The third kappa shape index (κ3) is 10.1. The fourth-order valence-corrected chi connectivity index (χ4v) is 5.89. The summed E-state index contributed by atoms with van der Waals surface area (Å²) in [5.74, 6) is 0.876. The van der Waals surface area contributed by atoms with Crippen LogP contribution in [-0.2, 0) is 41.6 Å². The van der Waals surface area contributed by atoms with Crippen LogP contribution in [-0.4, -0.2) is 96.5 Å². The molecule has 9 heteroatoms. The zero-order chi connectivity index (χ0) is 31.4. The van der Waals surface area contributed by atoms with E-state index < -0.39 is 6.10 Å². The first kappa shape index (κ1) is 34.5. The van der Waals surface area contributed by atoms with Gasteiger partial charge in [0.15, 0.2) is 0 Å². The van der Waals surface area contributed by atoms with E-state index in [4.69, 9.17) is 33.2 Å². The first-order chi connectivity index (χ1) is 21.3. The van der Waals surface area contributed by atoms with Gasteiger partial charge in [0.05, 0.1) is 51.8 Å². The molecule has 2 aliphatic rings. The molecular weight excluding hydrogens is 562 g/mol. The van der Waals surface area contributed by atoms with E-state index in [1.54, 1.807) is 21.3 Å². The Labute approximate surface area is 262 Å². The van der Waals surface area contributed by atoms with E-state index in [1.165, 1.54) is 5.57 Å². The minimum Gasteiger partial charge on any atom is -0.483 e. The third-order valence-electron chi connectivity index (χ3n) is 7.96. The standard InChI is InChI=1S/C35H51NO8/c1-35(2)18-28(7-6-14-38-3)30-17-26(10-13-31(30)44-35)22-42-32-19-36-20-33(43-24-29(37)23-40-5)34(32)27-11-8-25(9-12-27)21-41-16-15-39-4/h8-13,17-18,29,32-34,36-37H,6-7,14-16,19-24H2,1-5H3/t29-,32+,33-,34-/m1/s1. The van der Waals surface area contributed by atoms with Crippen LogP contribution in [0, 0.1) is 0 Å². The summed E-state index contributed by atoms with van der Waals surface area (Å²) >= 11 is 0. The number of fused-ring (bicyclic) bond motifs is 1. The second kappa shape index (κ2) is 17.4. The van der Waals surface area contributed by atoms with Crippen LogP contribution in [0.15, 0.2) is 48.5 Å². The van der Waals surface area contributed by atoms with Gasteiger partial charge in [0.25, 0.3) is 0 Å². The maximum Gasteiger partial charge on any atom is 0.128 e. The van der Waals surface area contributed by atoms with Crippen molar-refractivity contribution in [3.8, 4) is 5.75 Å². The van der Waals surface area contributed by atoms with Gasteiger partial charge >= 0.3 is 0 Å². The summed E-state index contributed by atoms with van der Waals surface area (Å²) in [5, 5.41) is 13.8. The highest BCUT2D eigenvalue weighted by molar-refractivity contribution is 5.74. The van der Waals surface area contributed by atoms with Crippen LogP contribution in [0.5, 0.6) is 5.75 Å². The third-order valence-corrected chi connectivity index (χ3v) is 7.96. The number of benzene rings is 2. The molecule has 0 unspecified atom stereocenters. The Balaban J connectivity index is 1.49. The lowest BCUT2D eigenvalue weighted by atomic mass is 9.85. The number of ether oxygens (including phenoxy) is 7. The zero-order valence-corrected chi connectivity index (χ0v) is 27.0. The number of rotatable bonds is 18. The SMILES string of the molecule is COCCCC1=CC(C)(C)Oc2ccc(CO[C@H]3CNC[C@@H](OC[C@H](O)COC)[C@@H]3c3ccc(COCCOC)cc3)cc21. The largest absolute Gasteiger partial charge is 0.483 e. The van der Waals surface area contributed by atoms with Gasteiger partial charge in [-0.25, -0.2) is 0 Å². The number of allylic oxidation sites excluding steroid dienone is 1. The minimum atomic E-state index is -0.692. The maximum atomic E-state index is 10.3. The summed E-state index contributed by atoms with van der Waals surface area (Å²) < 4.78 is 40.4. The summed E-state index contributed by atoms with van der Waals surface area (Å²) in [4.78, 5) is 0. The molecule has 44 heavy (non-hydrogen) atoms. The molecule has 0 aromatic heterocycles. The quantitative estimate of drug-likeness (QED) is 0.236. The van der Waals surface area contributed by atoms with Crippen molar-refractivity contribution in [3.63, 3.8) is 0 Å². The molecule has 2 N–H and O–H groups in total. The first-order valence-electron chi connectivity index (χ1n) is 15.6. The number of piperidine rings is 1. The second-order valence-corrected chi connectivity index (χ2v) is 12.1. The van der Waals surface area contributed by atoms with Crippen LogP contribution in [0.3, 0.4) is 0 Å². The molecule has 0 aliphatic carbocycles. The normalized spacial score (nSPS) is 21.8. The Morgan fingerprint density at radius 3 is 2.32 bits per heavy atom. The molecule has 2 aromatic rings. The lowest BCUT2D eigenvalue weighted by Gasteiger charge is -2.39. The molecule has 0 spiro atoms. The van der Waals surface area contributed by atoms with Crippen LogP contribution >= 0.6 is 0 Å². The van der Waals surface area contributed by atoms with Gasteiger partial charge in [-0.3, -0.25) is 0 Å². The van der Waals surface area contributed by atoms with Crippen molar-refractivity contribution in [2.45, 2.75) is 69.7 Å². The van der Waals surface area contributed by atoms with Gasteiger partial charge in [-0.2, -0.15) is 0 Å². The van der Waals surface area contributed by atoms with Crippen LogP contribution in [0.4, 0.5) is 0 Å². The monoisotopic (exact) mass is 613 g/mol. The molecule has 0 saturated carbocycles. The van der Waals surface area contributed by atoms with Crippen molar-refractivity contribution >= 4 is 5.57 Å². The molecule has 2 heterocycles. The number of methoxy groups -OCH3 is 3. The van der Waals surface area contributed by atoms with Gasteiger partial charge in [0.2, 0.25) is 0 Å². The summed E-state index contributed by atoms with van der Waals surface area (Å²) in [5.41, 5.74) is 5.36. The Morgan fingerprint density at radius 2 is 1.59 bits per heavy atom. The van der Waals surface area contributed by atoms with Gasteiger partial charge in [0.1, 0.15) is 17.5 Å². The fourth-order valence-electron chi connectivity index (χ4n) is 5.89. The van der Waals surface area contributed by atoms with Crippen molar-refractivity contribution in [1.29, 1.82) is 0 Å². The fraction of sp³-hybridized carbons (Fsp3) is 0.600. The molecule has 4 rings (SSSR count). The highest BCUT2D eigenvalue weighted by Crippen LogP contribution is 2.39. The maximum absolute atomic E-state index is 10.3. The molecular formula is C35H51NO8. The Kier molecular flexibility index (Phi) is 13.6. The number of aliphatic hydroxyl groups excluding tert-OH is 1. The molecule has 2 aromatic carbocycles. The molecule has 0 radical (unpaired) electrons. The smallest absolute Gasteiger partial charge is 0.128 e. The van der Waals surface area contributed by atoms with E-state index in [1.807, 2.05) is 0 Å². The zero-order valence-electron chi connectivity index (χ0n) is 27.0. The predicted molar refractivity (Wildman–Crippen MR) is 170 cm³/mol. The summed E-state index contributed by atoms with van der Waals surface area (Å²) in [7, 11) is 4.98. The molecule has 0 amide bonds. The highest BCUT2D eigenvalue weighted by atomic mass is 16.5. The number of hydrogen-bond acceptors (Lipinski definition) is 9. The minimum absolute atomic E-state index is 0.0271. The predicted octanol–water partition coefficient (Wildman–Crippen LogP) is 4.50. The van der Waals surface area contributed by atoms with Crippen molar-refractivity contribution in [2.24, 2.45) is 0 Å². The van der Waals surface area contributed by atoms with Gasteiger partial charge in [-0.15, -0.1) is 0 Å². The highest BCUT2D eigenvalue weighted by Gasteiger charge is 2.36. The lowest BCUT2D eigenvalue weighted by molar-refractivity contribution is -0.0856. The molecule has 1 fully saturated rings. The van der Waals surface area contributed by atoms with Crippen molar-refractivity contribution in [2.75, 3.05) is 67.5 Å². The van der Waals surface area contributed by atoms with Crippen molar-refractivity contribution in [1.82, 2.24) is 5.32 Å². The summed E-state index contributed by atoms with van der Waals surface area (Å²) in [6, 6.07) is 14.8. The van der Waals surface area contributed by atoms with Crippen LogP contribution < -0.4 is 10.1 Å². The van der Waals surface area contributed by atoms with Gasteiger partial charge in [-0.1, -0.05) is 30.3 Å². The molecule has 2 aliphatic heterocycles. The van der Waals surface area contributed by atoms with E-state index >= 15 is 0 Å². The van der Waals surface area contributed by atoms with Crippen LogP contribution in [0.2, 0.25) is 0 Å². The summed E-state index contributed by atoms with van der Waals surface area (Å²) in [6.07, 6.45) is 3.09. The molecule has 9 nitrogen and oxygen atoms in total. The molecule has 244 valence electrons. The van der Waals surface area contributed by atoms with Gasteiger partial charge in [-0.05, 0) is 67.2 Å². The number of nitrogens with one attached hydrogen (secondary N) is 1. The van der Waals surface area contributed by atoms with E-state index in [0.29, 0.717) is 39.5 Å². The lowest BCUT2D eigenvalue weighted by Crippen LogP contribution is -2.51. The van der Waals surface area contributed by atoms with Gasteiger partial charge in [0, 0.05) is 52.5 Å². The second-order valence-electron chi connectivity index (χ2n) is 12.1. The average Bonchev–Trinajstić information content (AvgIpc) is 3.01. The molecule has 1 saturated heterocycles. The molecule has 4 atom stereocenters. The van der Waals surface area contributed by atoms with E-state index in [2.05, 4.69) is 67.7 Å². The number of aliphatic hydroxyl groups is 1. The van der Waals surface area contributed by atoms with Gasteiger partial charge < -0.3 is 43.6 Å². The number of hydrogen-bond donors (Lipinski definition) is 2. The van der Waals surface area contributed by atoms with E-state index in [9.17, 15) is 5.11 Å². The van der Waals surface area contributed by atoms with Crippen molar-refractivity contribution < 1.29 is 38.3 Å². The Hall–Kier alpha value is -2.34.